The van der Waals surface area contributed by atoms with Gasteiger partial charge < -0.3 is 10.2 Å². The summed E-state index contributed by atoms with van der Waals surface area (Å²) in [6.07, 6.45) is 4.21. The SMILES string of the molecule is CC(C)NC1CCN2CCC1CC2. The molecule has 0 aliphatic carbocycles. The summed E-state index contributed by atoms with van der Waals surface area (Å²) in [4.78, 5) is 2.62. The van der Waals surface area contributed by atoms with Crippen LogP contribution in [0.3, 0.4) is 0 Å². The average molecular weight is 182 g/mol. The topological polar surface area (TPSA) is 15.3 Å². The van der Waals surface area contributed by atoms with Crippen molar-refractivity contribution in [2.24, 2.45) is 5.92 Å². The van der Waals surface area contributed by atoms with E-state index in [0.29, 0.717) is 6.04 Å². The fourth-order valence-corrected chi connectivity index (χ4v) is 2.78. The van der Waals surface area contributed by atoms with Crippen LogP contribution >= 0.6 is 0 Å². The van der Waals surface area contributed by atoms with Crippen molar-refractivity contribution in [1.82, 2.24) is 10.2 Å². The molecule has 3 saturated heterocycles. The molecule has 3 aliphatic rings. The normalized spacial score (nSPS) is 39.5. The maximum atomic E-state index is 3.72. The summed E-state index contributed by atoms with van der Waals surface area (Å²) in [5, 5.41) is 3.72. The number of nitrogens with zero attached hydrogens (tertiary/aromatic N) is 1. The maximum absolute atomic E-state index is 3.72. The summed E-state index contributed by atoms with van der Waals surface area (Å²) in [5.74, 6) is 0.959. The molecular formula is C11H22N2. The molecule has 0 spiro atoms. The highest BCUT2D eigenvalue weighted by Crippen LogP contribution is 2.27. The molecule has 2 heteroatoms. The first-order chi connectivity index (χ1) is 6.25. The minimum Gasteiger partial charge on any atom is -0.311 e. The van der Waals surface area contributed by atoms with Crippen molar-refractivity contribution in [3.63, 3.8) is 0 Å². The molecule has 2 nitrogen and oxygen atoms in total. The average Bonchev–Trinajstić information content (AvgIpc) is 2.39. The third-order valence-corrected chi connectivity index (χ3v) is 3.51. The third kappa shape index (κ3) is 2.23. The minimum atomic E-state index is 0.650. The zero-order valence-electron chi connectivity index (χ0n) is 8.92. The van der Waals surface area contributed by atoms with Gasteiger partial charge in [0, 0.05) is 12.1 Å². The van der Waals surface area contributed by atoms with Crippen molar-refractivity contribution in [3.8, 4) is 0 Å². The lowest BCUT2D eigenvalue weighted by Gasteiger charge is -2.30. The lowest BCUT2D eigenvalue weighted by molar-refractivity contribution is 0.213. The molecule has 1 N–H and O–H groups in total. The fraction of sp³-hybridized carbons (Fsp3) is 1.00. The molecule has 0 saturated carbocycles. The van der Waals surface area contributed by atoms with Crippen LogP contribution in [0, 0.1) is 5.92 Å². The fourth-order valence-electron chi connectivity index (χ4n) is 2.78. The first kappa shape index (κ1) is 9.47. The molecule has 0 aromatic carbocycles. The molecule has 2 bridgehead atoms. The van der Waals surface area contributed by atoms with Gasteiger partial charge in [0.15, 0.2) is 0 Å². The van der Waals surface area contributed by atoms with Gasteiger partial charge in [-0.1, -0.05) is 13.8 Å². The van der Waals surface area contributed by atoms with Crippen molar-refractivity contribution in [1.29, 1.82) is 0 Å². The van der Waals surface area contributed by atoms with E-state index in [-0.39, 0.29) is 0 Å². The van der Waals surface area contributed by atoms with Gasteiger partial charge in [0.05, 0.1) is 0 Å². The predicted molar refractivity (Wildman–Crippen MR) is 55.8 cm³/mol. The Morgan fingerprint density at radius 1 is 1.08 bits per heavy atom. The molecule has 76 valence electrons. The Hall–Kier alpha value is -0.0800. The van der Waals surface area contributed by atoms with Gasteiger partial charge in [-0.2, -0.15) is 0 Å². The summed E-state index contributed by atoms with van der Waals surface area (Å²) in [6, 6.07) is 1.45. The third-order valence-electron chi connectivity index (χ3n) is 3.51. The second-order valence-corrected chi connectivity index (χ2v) is 4.90. The second kappa shape index (κ2) is 3.97. The van der Waals surface area contributed by atoms with Gasteiger partial charge >= 0.3 is 0 Å². The van der Waals surface area contributed by atoms with E-state index in [2.05, 4.69) is 24.1 Å². The van der Waals surface area contributed by atoms with E-state index in [0.717, 1.165) is 12.0 Å². The van der Waals surface area contributed by atoms with Gasteiger partial charge in [0.25, 0.3) is 0 Å². The van der Waals surface area contributed by atoms with Crippen molar-refractivity contribution in [3.05, 3.63) is 0 Å². The molecule has 3 aliphatic heterocycles. The Morgan fingerprint density at radius 2 is 1.69 bits per heavy atom. The largest absolute Gasteiger partial charge is 0.311 e. The summed E-state index contributed by atoms with van der Waals surface area (Å²) < 4.78 is 0. The first-order valence-corrected chi connectivity index (χ1v) is 5.74. The molecule has 3 fully saturated rings. The van der Waals surface area contributed by atoms with Gasteiger partial charge in [-0.15, -0.1) is 0 Å². The molecule has 0 aromatic heterocycles. The number of fused-ring (bicyclic) bond motifs is 4. The quantitative estimate of drug-likeness (QED) is 0.695. The van der Waals surface area contributed by atoms with Crippen LogP contribution in [0.4, 0.5) is 0 Å². The zero-order valence-corrected chi connectivity index (χ0v) is 8.92. The molecule has 0 aromatic rings. The molecule has 1 unspecified atom stereocenters. The highest BCUT2D eigenvalue weighted by atomic mass is 15.1. The van der Waals surface area contributed by atoms with Gasteiger partial charge in [-0.25, -0.2) is 0 Å². The number of rotatable bonds is 2. The van der Waals surface area contributed by atoms with Crippen molar-refractivity contribution < 1.29 is 0 Å². The summed E-state index contributed by atoms with van der Waals surface area (Å²) in [5.41, 5.74) is 0. The van der Waals surface area contributed by atoms with Crippen molar-refractivity contribution in [2.75, 3.05) is 19.6 Å². The van der Waals surface area contributed by atoms with Crippen molar-refractivity contribution in [2.45, 2.75) is 45.2 Å². The molecular weight excluding hydrogens is 160 g/mol. The van der Waals surface area contributed by atoms with Crippen LogP contribution in [-0.2, 0) is 0 Å². The Kier molecular flexibility index (Phi) is 2.89. The van der Waals surface area contributed by atoms with Gasteiger partial charge in [-0.05, 0) is 44.8 Å². The Morgan fingerprint density at radius 3 is 2.31 bits per heavy atom. The molecule has 0 radical (unpaired) electrons. The molecule has 1 atom stereocenters. The number of hydrogen-bond acceptors (Lipinski definition) is 2. The van der Waals surface area contributed by atoms with Gasteiger partial charge in [-0.3, -0.25) is 0 Å². The summed E-state index contributed by atoms with van der Waals surface area (Å²) in [7, 11) is 0. The van der Waals surface area contributed by atoms with Crippen LogP contribution < -0.4 is 5.32 Å². The number of hydrogen-bond donors (Lipinski definition) is 1. The van der Waals surface area contributed by atoms with Crippen molar-refractivity contribution >= 4 is 0 Å². The molecule has 0 amide bonds. The highest BCUT2D eigenvalue weighted by molar-refractivity contribution is 4.87. The molecule has 3 heterocycles. The Bertz CT molecular complexity index is 159. The van der Waals surface area contributed by atoms with E-state index < -0.39 is 0 Å². The second-order valence-electron chi connectivity index (χ2n) is 4.90. The standard InChI is InChI=1S/C11H22N2/c1-9(2)12-11-5-8-13-6-3-10(11)4-7-13/h9-12H,3-8H2,1-2H3. The lowest BCUT2D eigenvalue weighted by Crippen LogP contribution is -2.40. The molecule has 13 heavy (non-hydrogen) atoms. The van der Waals surface area contributed by atoms with Crippen LogP contribution in [-0.4, -0.2) is 36.6 Å². The van der Waals surface area contributed by atoms with Crippen LogP contribution in [0.1, 0.15) is 33.1 Å². The minimum absolute atomic E-state index is 0.650. The van der Waals surface area contributed by atoms with E-state index in [1.165, 1.54) is 38.9 Å². The molecule has 3 rings (SSSR count). The first-order valence-electron chi connectivity index (χ1n) is 5.74. The van der Waals surface area contributed by atoms with Crippen LogP contribution in [0.2, 0.25) is 0 Å². The van der Waals surface area contributed by atoms with E-state index in [1.54, 1.807) is 0 Å². The number of piperidine rings is 1. The van der Waals surface area contributed by atoms with Crippen LogP contribution in [0.25, 0.3) is 0 Å². The maximum Gasteiger partial charge on any atom is 0.0111 e. The zero-order chi connectivity index (χ0) is 9.26. The van der Waals surface area contributed by atoms with E-state index in [1.807, 2.05) is 0 Å². The Balaban J connectivity index is 1.95. The number of nitrogens with one attached hydrogen (secondary N) is 1. The van der Waals surface area contributed by atoms with E-state index in [4.69, 9.17) is 0 Å². The summed E-state index contributed by atoms with van der Waals surface area (Å²) in [6.45, 7) is 8.54. The smallest absolute Gasteiger partial charge is 0.0111 e. The van der Waals surface area contributed by atoms with Crippen LogP contribution in [0.15, 0.2) is 0 Å². The van der Waals surface area contributed by atoms with E-state index >= 15 is 0 Å². The van der Waals surface area contributed by atoms with Gasteiger partial charge in [0.1, 0.15) is 0 Å². The highest BCUT2D eigenvalue weighted by Gasteiger charge is 2.30. The predicted octanol–water partition coefficient (Wildman–Crippen LogP) is 1.47. The summed E-state index contributed by atoms with van der Waals surface area (Å²) >= 11 is 0. The Labute approximate surface area is 81.7 Å². The van der Waals surface area contributed by atoms with E-state index in [9.17, 15) is 0 Å². The lowest BCUT2D eigenvalue weighted by atomic mass is 9.90. The monoisotopic (exact) mass is 182 g/mol. The van der Waals surface area contributed by atoms with Gasteiger partial charge in [0.2, 0.25) is 0 Å². The van der Waals surface area contributed by atoms with Crippen LogP contribution in [0.5, 0.6) is 0 Å².